The van der Waals surface area contributed by atoms with Crippen LogP contribution in [0.15, 0.2) is 64.8 Å². The van der Waals surface area contributed by atoms with Crippen LogP contribution in [-0.4, -0.2) is 52.0 Å². The number of nitrogens with zero attached hydrogens (tertiary/aromatic N) is 2. The van der Waals surface area contributed by atoms with Gasteiger partial charge in [0, 0.05) is 34.4 Å². The van der Waals surface area contributed by atoms with E-state index >= 15 is 0 Å². The zero-order chi connectivity index (χ0) is 27.0. The first kappa shape index (κ1) is 25.6. The Labute approximate surface area is 223 Å². The maximum atomic E-state index is 10.3. The molecule has 1 saturated heterocycles. The van der Waals surface area contributed by atoms with Crippen LogP contribution in [0.5, 0.6) is 23.0 Å². The quantitative estimate of drug-likeness (QED) is 0.565. The van der Waals surface area contributed by atoms with E-state index in [9.17, 15) is 5.26 Å². The van der Waals surface area contributed by atoms with Crippen LogP contribution in [0.1, 0.15) is 36.8 Å². The van der Waals surface area contributed by atoms with Crippen LogP contribution in [0.25, 0.3) is 6.08 Å². The third kappa shape index (κ3) is 4.04. The van der Waals surface area contributed by atoms with Gasteiger partial charge in [-0.3, -0.25) is 4.90 Å². The molecule has 2 aromatic rings. The van der Waals surface area contributed by atoms with Crippen LogP contribution in [0, 0.1) is 11.3 Å². The molecule has 8 heteroatoms. The van der Waals surface area contributed by atoms with Crippen LogP contribution < -0.4 is 24.7 Å². The normalized spacial score (nSPS) is 23.6. The third-order valence-corrected chi connectivity index (χ3v) is 7.82. The van der Waals surface area contributed by atoms with Crippen molar-refractivity contribution >= 4 is 6.08 Å². The van der Waals surface area contributed by atoms with Crippen molar-refractivity contribution in [3.8, 4) is 29.1 Å². The summed E-state index contributed by atoms with van der Waals surface area (Å²) >= 11 is 0. The van der Waals surface area contributed by atoms with Crippen LogP contribution in [0.3, 0.4) is 0 Å². The minimum atomic E-state index is -0.442. The standard InChI is InChI=1S/C30H33N3O5/c1-6-33-23-9-10-24(33)28-27(21-15-19(35-3)8-12-26(21)37-5)22(16-31)30(32)38-29(28)20(23)14-17-13-18(34-2)7-11-25(17)36-4/h7-8,11-15,23-24,27H,6,9-10,32H2,1-5H3/b20-14+/t23-,24+,27-/m0/s1. The van der Waals surface area contributed by atoms with Crippen molar-refractivity contribution in [1.82, 2.24) is 4.90 Å². The molecule has 3 heterocycles. The molecule has 0 saturated carbocycles. The van der Waals surface area contributed by atoms with E-state index in [-0.39, 0.29) is 18.0 Å². The van der Waals surface area contributed by atoms with E-state index in [1.165, 1.54) is 0 Å². The number of benzene rings is 2. The minimum Gasteiger partial charge on any atom is -0.497 e. The Kier molecular flexibility index (Phi) is 6.96. The van der Waals surface area contributed by atoms with Crippen molar-refractivity contribution in [3.63, 3.8) is 0 Å². The highest BCUT2D eigenvalue weighted by molar-refractivity contribution is 5.70. The first-order chi connectivity index (χ1) is 18.5. The predicted molar refractivity (Wildman–Crippen MR) is 144 cm³/mol. The number of fused-ring (bicyclic) bond motifs is 3. The predicted octanol–water partition coefficient (Wildman–Crippen LogP) is 4.73. The lowest BCUT2D eigenvalue weighted by Gasteiger charge is -2.43. The molecule has 3 aliphatic rings. The fourth-order valence-electron chi connectivity index (χ4n) is 6.14. The Morgan fingerprint density at radius 2 is 1.63 bits per heavy atom. The second kappa shape index (κ2) is 10.3. The molecule has 0 unspecified atom stereocenters. The van der Waals surface area contributed by atoms with Crippen LogP contribution >= 0.6 is 0 Å². The molecule has 1 fully saturated rings. The summed E-state index contributed by atoms with van der Waals surface area (Å²) in [5.41, 5.74) is 10.6. The first-order valence-electron chi connectivity index (χ1n) is 12.7. The largest absolute Gasteiger partial charge is 0.497 e. The van der Waals surface area contributed by atoms with Crippen molar-refractivity contribution < 1.29 is 23.7 Å². The lowest BCUT2D eigenvalue weighted by molar-refractivity contribution is 0.187. The van der Waals surface area contributed by atoms with E-state index in [2.05, 4.69) is 24.0 Å². The zero-order valence-electron chi connectivity index (χ0n) is 22.4. The molecule has 5 rings (SSSR count). The minimum absolute atomic E-state index is 0.0988. The number of likely N-dealkylation sites (N-methyl/N-ethyl adjacent to an activating group) is 1. The molecular formula is C30H33N3O5. The van der Waals surface area contributed by atoms with Gasteiger partial charge in [0.1, 0.15) is 40.4 Å². The molecular weight excluding hydrogens is 482 g/mol. The SMILES string of the molecule is CCN1[C@@H]2CC[C@H]1/C(=C\c1cc(OC)ccc1OC)C1=C2[C@@H](c2cc(OC)ccc2OC)C(C#N)=C(N)O1. The van der Waals surface area contributed by atoms with E-state index in [0.29, 0.717) is 17.1 Å². The van der Waals surface area contributed by atoms with Gasteiger partial charge in [0.05, 0.1) is 34.4 Å². The molecule has 38 heavy (non-hydrogen) atoms. The van der Waals surface area contributed by atoms with Gasteiger partial charge in [-0.15, -0.1) is 0 Å². The molecule has 0 aromatic heterocycles. The van der Waals surface area contributed by atoms with Crippen molar-refractivity contribution in [2.24, 2.45) is 5.73 Å². The molecule has 0 aliphatic carbocycles. The topological polar surface area (TPSA) is 99.2 Å². The van der Waals surface area contributed by atoms with Crippen molar-refractivity contribution in [2.45, 2.75) is 37.8 Å². The van der Waals surface area contributed by atoms with Crippen molar-refractivity contribution in [2.75, 3.05) is 35.0 Å². The Hall–Kier alpha value is -4.09. The van der Waals surface area contributed by atoms with E-state index in [4.69, 9.17) is 29.4 Å². The average molecular weight is 516 g/mol. The number of hydrogen-bond acceptors (Lipinski definition) is 8. The average Bonchev–Trinajstić information content (AvgIpc) is 3.31. The Morgan fingerprint density at radius 3 is 2.26 bits per heavy atom. The molecule has 2 bridgehead atoms. The van der Waals surface area contributed by atoms with Gasteiger partial charge < -0.3 is 29.4 Å². The molecule has 2 N–H and O–H groups in total. The molecule has 198 valence electrons. The molecule has 3 atom stereocenters. The summed E-state index contributed by atoms with van der Waals surface area (Å²) < 4.78 is 28.8. The molecule has 0 amide bonds. The summed E-state index contributed by atoms with van der Waals surface area (Å²) in [6, 6.07) is 13.9. The summed E-state index contributed by atoms with van der Waals surface area (Å²) in [6.45, 7) is 3.02. The number of rotatable bonds is 7. The summed E-state index contributed by atoms with van der Waals surface area (Å²) in [4.78, 5) is 2.48. The van der Waals surface area contributed by atoms with Crippen molar-refractivity contribution in [3.05, 3.63) is 75.9 Å². The fraction of sp³-hybridized carbons (Fsp3) is 0.367. The highest BCUT2D eigenvalue weighted by Gasteiger charge is 2.50. The number of allylic oxidation sites excluding steroid dienone is 1. The number of ether oxygens (including phenoxy) is 5. The summed E-state index contributed by atoms with van der Waals surface area (Å²) in [7, 11) is 6.55. The number of methoxy groups -OCH3 is 4. The first-order valence-corrected chi connectivity index (χ1v) is 12.7. The molecule has 2 aromatic carbocycles. The molecule has 0 spiro atoms. The Morgan fingerprint density at radius 1 is 0.974 bits per heavy atom. The van der Waals surface area contributed by atoms with Gasteiger partial charge in [-0.05, 0) is 61.9 Å². The second-order valence-corrected chi connectivity index (χ2v) is 9.46. The monoisotopic (exact) mass is 515 g/mol. The highest BCUT2D eigenvalue weighted by atomic mass is 16.5. The van der Waals surface area contributed by atoms with Crippen LogP contribution in [0.4, 0.5) is 0 Å². The van der Waals surface area contributed by atoms with Crippen LogP contribution in [-0.2, 0) is 4.74 Å². The van der Waals surface area contributed by atoms with Gasteiger partial charge in [0.2, 0.25) is 5.88 Å². The van der Waals surface area contributed by atoms with Crippen LogP contribution in [0.2, 0.25) is 0 Å². The Balaban J connectivity index is 1.79. The van der Waals surface area contributed by atoms with Gasteiger partial charge in [-0.1, -0.05) is 6.92 Å². The Bertz CT molecular complexity index is 1390. The lowest BCUT2D eigenvalue weighted by Crippen LogP contribution is -2.45. The summed E-state index contributed by atoms with van der Waals surface area (Å²) in [5, 5.41) is 10.3. The van der Waals surface area contributed by atoms with Gasteiger partial charge >= 0.3 is 0 Å². The van der Waals surface area contributed by atoms with Gasteiger partial charge in [0.15, 0.2) is 0 Å². The maximum Gasteiger partial charge on any atom is 0.205 e. The molecule has 8 nitrogen and oxygen atoms in total. The fourth-order valence-corrected chi connectivity index (χ4v) is 6.14. The smallest absolute Gasteiger partial charge is 0.205 e. The number of hydrogen-bond donors (Lipinski definition) is 1. The van der Waals surface area contributed by atoms with Crippen molar-refractivity contribution in [1.29, 1.82) is 5.26 Å². The van der Waals surface area contributed by atoms with E-state index < -0.39 is 5.92 Å². The third-order valence-electron chi connectivity index (χ3n) is 7.82. The molecule has 3 aliphatic heterocycles. The number of nitriles is 1. The molecule has 0 radical (unpaired) electrons. The van der Waals surface area contributed by atoms with Gasteiger partial charge in [-0.25, -0.2) is 0 Å². The number of nitrogens with two attached hydrogens (primary N) is 1. The van der Waals surface area contributed by atoms with E-state index in [0.717, 1.165) is 58.9 Å². The second-order valence-electron chi connectivity index (χ2n) is 9.46. The lowest BCUT2D eigenvalue weighted by atomic mass is 9.76. The highest BCUT2D eigenvalue weighted by Crippen LogP contribution is 2.54. The zero-order valence-corrected chi connectivity index (χ0v) is 22.4. The van der Waals surface area contributed by atoms with Gasteiger partial charge in [-0.2, -0.15) is 5.26 Å². The summed E-state index contributed by atoms with van der Waals surface area (Å²) in [5.74, 6) is 3.18. The van der Waals surface area contributed by atoms with E-state index in [1.54, 1.807) is 28.4 Å². The van der Waals surface area contributed by atoms with Gasteiger partial charge in [0.25, 0.3) is 0 Å². The maximum absolute atomic E-state index is 10.3. The van der Waals surface area contributed by atoms with E-state index in [1.807, 2.05) is 36.4 Å². The summed E-state index contributed by atoms with van der Waals surface area (Å²) in [6.07, 6.45) is 4.00.